The van der Waals surface area contributed by atoms with Crippen molar-refractivity contribution in [3.05, 3.63) is 59.4 Å². The van der Waals surface area contributed by atoms with Crippen LogP contribution in [0.25, 0.3) is 0 Å². The van der Waals surface area contributed by atoms with Gasteiger partial charge in [0.05, 0.1) is 5.56 Å². The summed E-state index contributed by atoms with van der Waals surface area (Å²) in [5, 5.41) is 3.07. The predicted molar refractivity (Wildman–Crippen MR) is 97.4 cm³/mol. The number of carbonyl (C=O) groups excluding carboxylic acids is 1. The van der Waals surface area contributed by atoms with Crippen LogP contribution < -0.4 is 5.32 Å². The molecule has 6 heteroatoms. The summed E-state index contributed by atoms with van der Waals surface area (Å²) in [5.74, 6) is -3.48. The van der Waals surface area contributed by atoms with Crippen molar-refractivity contribution < 1.29 is 18.0 Å². The van der Waals surface area contributed by atoms with Crippen molar-refractivity contribution in [3.63, 3.8) is 0 Å². The van der Waals surface area contributed by atoms with Crippen LogP contribution in [-0.2, 0) is 0 Å². The molecule has 0 amide bonds. The maximum atomic E-state index is 14.2. The van der Waals surface area contributed by atoms with Gasteiger partial charge in [-0.1, -0.05) is 25.3 Å². The van der Waals surface area contributed by atoms with Gasteiger partial charge in [-0.3, -0.25) is 9.79 Å². The van der Waals surface area contributed by atoms with Gasteiger partial charge < -0.3 is 5.32 Å². The smallest absolute Gasteiger partial charge is 0.248 e. The largest absolute Gasteiger partial charge is 0.367 e. The third-order valence-corrected chi connectivity index (χ3v) is 4.64. The van der Waals surface area contributed by atoms with Crippen LogP contribution in [0.5, 0.6) is 0 Å². The quantitative estimate of drug-likeness (QED) is 0.272. The molecule has 1 aromatic rings. The first-order chi connectivity index (χ1) is 12.2. The highest BCUT2D eigenvalue weighted by Gasteiger charge is 2.35. The van der Waals surface area contributed by atoms with Gasteiger partial charge >= 0.3 is 0 Å². The van der Waals surface area contributed by atoms with Gasteiger partial charge in [-0.2, -0.15) is 0 Å². The van der Waals surface area contributed by atoms with Gasteiger partial charge in [0.15, 0.2) is 5.78 Å². The SMILES string of the molecule is C=C(C(=C)C(=NC)NC1CCC(F)(F)CC1)C(=O)c1cccc(C)c1F. The normalized spacial score (nSPS) is 17.7. The number of aliphatic imine (C=N–C) groups is 1. The zero-order chi connectivity index (χ0) is 19.5. The summed E-state index contributed by atoms with van der Waals surface area (Å²) < 4.78 is 40.8. The number of nitrogens with zero attached hydrogens (tertiary/aromatic N) is 1. The maximum Gasteiger partial charge on any atom is 0.248 e. The van der Waals surface area contributed by atoms with Crippen LogP contribution in [0.3, 0.4) is 0 Å². The molecule has 2 rings (SSSR count). The monoisotopic (exact) mass is 364 g/mol. The highest BCUT2D eigenvalue weighted by molar-refractivity contribution is 6.19. The number of carbonyl (C=O) groups is 1. The molecule has 0 unspecified atom stereocenters. The number of rotatable bonds is 5. The summed E-state index contributed by atoms with van der Waals surface area (Å²) in [6.45, 7) is 9.14. The lowest BCUT2D eigenvalue weighted by Crippen LogP contribution is -2.41. The van der Waals surface area contributed by atoms with Crippen LogP contribution in [-0.4, -0.2) is 30.6 Å². The van der Waals surface area contributed by atoms with E-state index in [1.165, 1.54) is 13.1 Å². The molecule has 0 saturated heterocycles. The summed E-state index contributed by atoms with van der Waals surface area (Å²) in [4.78, 5) is 16.6. The highest BCUT2D eigenvalue weighted by Crippen LogP contribution is 2.33. The second-order valence-corrected chi connectivity index (χ2v) is 6.57. The lowest BCUT2D eigenvalue weighted by Gasteiger charge is -2.30. The number of Topliss-reactive ketones (excluding diaryl/α,β-unsaturated/α-hetero) is 1. The molecule has 26 heavy (non-hydrogen) atoms. The first-order valence-electron chi connectivity index (χ1n) is 8.46. The van der Waals surface area contributed by atoms with E-state index in [0.29, 0.717) is 24.2 Å². The molecule has 1 saturated carbocycles. The van der Waals surface area contributed by atoms with Gasteiger partial charge in [0.25, 0.3) is 0 Å². The van der Waals surface area contributed by atoms with E-state index in [9.17, 15) is 18.0 Å². The van der Waals surface area contributed by atoms with Gasteiger partial charge in [0.1, 0.15) is 11.7 Å². The molecule has 0 bridgehead atoms. The Morgan fingerprint density at radius 1 is 1.23 bits per heavy atom. The molecule has 0 heterocycles. The molecule has 1 aliphatic rings. The van der Waals surface area contributed by atoms with Crippen molar-refractivity contribution in [1.29, 1.82) is 0 Å². The molecule has 3 nitrogen and oxygen atoms in total. The van der Waals surface area contributed by atoms with Crippen LogP contribution >= 0.6 is 0 Å². The molecule has 140 valence electrons. The number of benzene rings is 1. The van der Waals surface area contributed by atoms with Crippen molar-refractivity contribution in [2.75, 3.05) is 7.05 Å². The average molecular weight is 364 g/mol. The van der Waals surface area contributed by atoms with E-state index in [1.807, 2.05) is 0 Å². The molecule has 0 spiro atoms. The predicted octanol–water partition coefficient (Wildman–Crippen LogP) is 4.63. The van der Waals surface area contributed by atoms with Crippen LogP contribution in [0.4, 0.5) is 13.2 Å². The van der Waals surface area contributed by atoms with Gasteiger partial charge in [0, 0.05) is 37.1 Å². The molecule has 1 aliphatic carbocycles. The standard InChI is InChI=1S/C20H23F3N2O/c1-12-6-5-7-16(17(12)21)18(26)13(2)14(3)19(24-4)25-15-8-10-20(22,23)11-9-15/h5-7,15H,2-3,8-11H2,1,4H3,(H,24,25). The zero-order valence-corrected chi connectivity index (χ0v) is 15.0. The molecule has 1 fully saturated rings. The minimum absolute atomic E-state index is 0.0174. The Morgan fingerprint density at radius 2 is 1.85 bits per heavy atom. The lowest BCUT2D eigenvalue weighted by atomic mass is 9.91. The van der Waals surface area contributed by atoms with Crippen molar-refractivity contribution >= 4 is 11.6 Å². The van der Waals surface area contributed by atoms with Gasteiger partial charge in [-0.25, -0.2) is 13.2 Å². The number of amidine groups is 1. The topological polar surface area (TPSA) is 41.5 Å². The van der Waals surface area contributed by atoms with Crippen molar-refractivity contribution in [2.45, 2.75) is 44.6 Å². The third kappa shape index (κ3) is 4.42. The fourth-order valence-corrected chi connectivity index (χ4v) is 2.93. The van der Waals surface area contributed by atoms with E-state index in [2.05, 4.69) is 23.5 Å². The lowest BCUT2D eigenvalue weighted by molar-refractivity contribution is -0.0390. The minimum Gasteiger partial charge on any atom is -0.367 e. The van der Waals surface area contributed by atoms with E-state index in [1.54, 1.807) is 19.1 Å². The van der Waals surface area contributed by atoms with E-state index >= 15 is 0 Å². The van der Waals surface area contributed by atoms with Crippen molar-refractivity contribution in [3.8, 4) is 0 Å². The molecule has 1 aromatic carbocycles. The van der Waals surface area contributed by atoms with Crippen LogP contribution in [0.15, 0.2) is 47.5 Å². The fourth-order valence-electron chi connectivity index (χ4n) is 2.93. The average Bonchev–Trinajstić information content (AvgIpc) is 2.61. The Kier molecular flexibility index (Phi) is 6.05. The molecule has 1 N–H and O–H groups in total. The molecule has 0 radical (unpaired) electrons. The third-order valence-electron chi connectivity index (χ3n) is 4.64. The van der Waals surface area contributed by atoms with E-state index in [-0.39, 0.29) is 35.6 Å². The van der Waals surface area contributed by atoms with Crippen LogP contribution in [0.1, 0.15) is 41.6 Å². The minimum atomic E-state index is -2.62. The molecule has 0 aliphatic heterocycles. The maximum absolute atomic E-state index is 14.2. The summed E-state index contributed by atoms with van der Waals surface area (Å²) in [5.41, 5.74) is 0.531. The van der Waals surface area contributed by atoms with E-state index < -0.39 is 17.5 Å². The second-order valence-electron chi connectivity index (χ2n) is 6.57. The molecular formula is C20H23F3N2O. The number of hydrogen-bond acceptors (Lipinski definition) is 2. The number of aryl methyl sites for hydroxylation is 1. The van der Waals surface area contributed by atoms with Gasteiger partial charge in [0.2, 0.25) is 5.92 Å². The number of ketones is 1. The Morgan fingerprint density at radius 3 is 2.42 bits per heavy atom. The number of nitrogens with one attached hydrogen (secondary N) is 1. The Labute approximate surface area is 151 Å². The number of alkyl halides is 2. The Bertz CT molecular complexity index is 758. The molecule has 0 atom stereocenters. The second kappa shape index (κ2) is 7.89. The summed E-state index contributed by atoms with van der Waals surface area (Å²) in [6.07, 6.45) is 0.212. The summed E-state index contributed by atoms with van der Waals surface area (Å²) in [6, 6.07) is 4.38. The van der Waals surface area contributed by atoms with Crippen LogP contribution in [0.2, 0.25) is 0 Å². The van der Waals surface area contributed by atoms with Crippen LogP contribution in [0, 0.1) is 12.7 Å². The first kappa shape index (κ1) is 19.9. The molecule has 0 aromatic heterocycles. The van der Waals surface area contributed by atoms with Gasteiger partial charge in [-0.05, 0) is 31.4 Å². The van der Waals surface area contributed by atoms with E-state index in [0.717, 1.165) is 0 Å². The highest BCUT2D eigenvalue weighted by atomic mass is 19.3. The molecular weight excluding hydrogens is 341 g/mol. The summed E-state index contributed by atoms with van der Waals surface area (Å²) in [7, 11) is 1.51. The van der Waals surface area contributed by atoms with Crippen molar-refractivity contribution in [2.24, 2.45) is 4.99 Å². The van der Waals surface area contributed by atoms with Gasteiger partial charge in [-0.15, -0.1) is 0 Å². The first-order valence-corrected chi connectivity index (χ1v) is 8.46. The van der Waals surface area contributed by atoms with E-state index in [4.69, 9.17) is 0 Å². The number of hydrogen-bond donors (Lipinski definition) is 1. The fraction of sp³-hybridized carbons (Fsp3) is 0.400. The Balaban J connectivity index is 2.09. The van der Waals surface area contributed by atoms with Crippen molar-refractivity contribution in [1.82, 2.24) is 5.32 Å². The zero-order valence-electron chi connectivity index (χ0n) is 15.0. The number of halogens is 3. The summed E-state index contributed by atoms with van der Waals surface area (Å²) >= 11 is 0. The Hall–Kier alpha value is -2.37.